The van der Waals surface area contributed by atoms with Gasteiger partial charge in [-0.1, -0.05) is 91.0 Å². The van der Waals surface area contributed by atoms with Crippen LogP contribution in [0.15, 0.2) is 106 Å². The Labute approximate surface area is 281 Å². The van der Waals surface area contributed by atoms with Gasteiger partial charge in [0.15, 0.2) is 9.92 Å². The Morgan fingerprint density at radius 2 is 1.33 bits per heavy atom. The van der Waals surface area contributed by atoms with E-state index < -0.39 is 21.5 Å². The van der Waals surface area contributed by atoms with Crippen LogP contribution in [-0.2, 0) is 41.1 Å². The molecule has 0 spiro atoms. The maximum Gasteiger partial charge on any atom is 0.354 e. The molecule has 0 radical (unpaired) electrons. The number of nitrogens with one attached hydrogen (secondary N) is 2. The van der Waals surface area contributed by atoms with E-state index in [2.05, 4.69) is 26.4 Å². The highest BCUT2D eigenvalue weighted by Gasteiger charge is 2.42. The summed E-state index contributed by atoms with van der Waals surface area (Å²) >= 11 is 0. The molecule has 3 aliphatic rings. The summed E-state index contributed by atoms with van der Waals surface area (Å²) in [5.74, 6) is 0.358. The normalized spacial score (nSPS) is 17.6. The van der Waals surface area contributed by atoms with Gasteiger partial charge in [-0.3, -0.25) is 0 Å². The topological polar surface area (TPSA) is 97.6 Å². The van der Waals surface area contributed by atoms with Crippen LogP contribution in [0.4, 0.5) is 10.5 Å². The van der Waals surface area contributed by atoms with Crippen molar-refractivity contribution < 1.29 is 13.7 Å². The molecule has 8 nitrogen and oxygen atoms in total. The van der Waals surface area contributed by atoms with E-state index in [1.165, 1.54) is 34.0 Å². The van der Waals surface area contributed by atoms with Crippen LogP contribution in [0.2, 0.25) is 0 Å². The van der Waals surface area contributed by atoms with Gasteiger partial charge in [0.1, 0.15) is 17.0 Å². The highest BCUT2D eigenvalue weighted by Crippen LogP contribution is 2.43. The van der Waals surface area contributed by atoms with E-state index in [1.54, 1.807) is 4.68 Å². The molecule has 244 valence electrons. The van der Waals surface area contributed by atoms with E-state index in [0.717, 1.165) is 60.9 Å². The summed E-state index contributed by atoms with van der Waals surface area (Å²) in [6.07, 6.45) is 7.50. The van der Waals surface area contributed by atoms with Gasteiger partial charge in [0, 0.05) is 5.69 Å². The Balaban J connectivity index is 1.34. The van der Waals surface area contributed by atoms with Crippen molar-refractivity contribution >= 4 is 21.6 Å². The number of ether oxygens (including phenoxy) is 1. The van der Waals surface area contributed by atoms with Crippen LogP contribution in [0.5, 0.6) is 5.88 Å². The first-order valence-electron chi connectivity index (χ1n) is 16.8. The minimum Gasteiger partial charge on any atom is -0.475 e. The van der Waals surface area contributed by atoms with Crippen molar-refractivity contribution in [2.45, 2.75) is 68.8 Å². The van der Waals surface area contributed by atoms with Gasteiger partial charge >= 0.3 is 6.03 Å². The molecule has 0 fully saturated rings. The molecule has 48 heavy (non-hydrogen) atoms. The molecule has 2 atom stereocenters. The molecule has 8 rings (SSSR count). The smallest absolute Gasteiger partial charge is 0.354 e. The second-order valence-corrected chi connectivity index (χ2v) is 14.9. The molecule has 0 bridgehead atoms. The summed E-state index contributed by atoms with van der Waals surface area (Å²) < 4.78 is 31.9. The first-order chi connectivity index (χ1) is 23.4. The third-order valence-corrected chi connectivity index (χ3v) is 12.1. The quantitative estimate of drug-likeness (QED) is 0.176. The average Bonchev–Trinajstić information content (AvgIpc) is 3.93. The lowest BCUT2D eigenvalue weighted by molar-refractivity contribution is 0.260. The molecule has 4 aromatic carbocycles. The summed E-state index contributed by atoms with van der Waals surface area (Å²) in [6, 6.07) is 29.0. The molecule has 0 unspecified atom stereocenters. The van der Waals surface area contributed by atoms with Crippen molar-refractivity contribution in [3.63, 3.8) is 0 Å². The van der Waals surface area contributed by atoms with Crippen LogP contribution < -0.4 is 14.8 Å². The maximum absolute atomic E-state index is 15.9. The van der Waals surface area contributed by atoms with E-state index in [4.69, 9.17) is 4.74 Å². The van der Waals surface area contributed by atoms with E-state index in [1.807, 2.05) is 97.9 Å². The molecule has 5 aromatic rings. The standard InChI is InChI=1S/C39H39N5O3S/c1-26-25-47-37-35(24-40-44(26)37)48(46,42-38(45)41-36-33-22-12-20-31(33)27(2)32-21-13-23-34(32)36)43-39(28-14-6-3-7-15-28,29-16-8-4-9-17-29)30-18-10-5-11-19-30/h3-11,14-19,24,26H,12-13,20-23,25H2,1-2H3,(H2,41,42,43,45,46)/t26-,48+/m1/s1. The SMILES string of the molecule is Cc1c2c(c(NC(=O)N=[S@](=O)(NC(c3ccccc3)(c3ccccc3)c3ccccc3)c3cnn4c3OC[C@H]4C)c3c1CCC3)CCC2. The number of aromatic nitrogens is 2. The summed E-state index contributed by atoms with van der Waals surface area (Å²) in [5.41, 5.74) is 8.69. The van der Waals surface area contributed by atoms with Gasteiger partial charge in [-0.15, -0.1) is 4.36 Å². The summed E-state index contributed by atoms with van der Waals surface area (Å²) in [6.45, 7) is 4.60. The highest BCUT2D eigenvalue weighted by molar-refractivity contribution is 7.92. The van der Waals surface area contributed by atoms with Gasteiger partial charge in [0.2, 0.25) is 5.88 Å². The van der Waals surface area contributed by atoms with Crippen LogP contribution in [0, 0.1) is 6.92 Å². The van der Waals surface area contributed by atoms with Gasteiger partial charge < -0.3 is 10.1 Å². The number of nitrogens with zero attached hydrogens (tertiary/aromatic N) is 3. The fourth-order valence-corrected chi connectivity index (χ4v) is 9.83. The number of urea groups is 1. The van der Waals surface area contributed by atoms with Crippen LogP contribution in [0.25, 0.3) is 0 Å². The lowest BCUT2D eigenvalue weighted by Gasteiger charge is -2.37. The van der Waals surface area contributed by atoms with Gasteiger partial charge in [-0.25, -0.2) is 18.4 Å². The Kier molecular flexibility index (Phi) is 7.69. The van der Waals surface area contributed by atoms with Gasteiger partial charge in [-0.05, 0) is 96.9 Å². The Morgan fingerprint density at radius 1 is 0.833 bits per heavy atom. The molecule has 2 N–H and O–H groups in total. The van der Waals surface area contributed by atoms with E-state index in [9.17, 15) is 4.79 Å². The number of carbonyl (C=O) groups excluding carboxylic acids is 1. The fourth-order valence-electron chi connectivity index (χ4n) is 7.95. The first-order valence-corrected chi connectivity index (χ1v) is 18.3. The van der Waals surface area contributed by atoms with Gasteiger partial charge in [0.05, 0.1) is 12.2 Å². The Morgan fingerprint density at radius 3 is 1.85 bits per heavy atom. The molecule has 2 amide bonds. The van der Waals surface area contributed by atoms with Crippen LogP contribution >= 0.6 is 0 Å². The first kappa shape index (κ1) is 30.6. The van der Waals surface area contributed by atoms with Crippen molar-refractivity contribution in [1.29, 1.82) is 0 Å². The highest BCUT2D eigenvalue weighted by atomic mass is 32.2. The number of anilines is 1. The van der Waals surface area contributed by atoms with Gasteiger partial charge in [0.25, 0.3) is 0 Å². The zero-order valence-electron chi connectivity index (χ0n) is 27.2. The number of carbonyl (C=O) groups is 1. The van der Waals surface area contributed by atoms with Crippen molar-refractivity contribution in [3.05, 3.63) is 142 Å². The number of rotatable bonds is 7. The van der Waals surface area contributed by atoms with E-state index in [-0.39, 0.29) is 10.9 Å². The number of hydrogen-bond acceptors (Lipinski definition) is 4. The second-order valence-electron chi connectivity index (χ2n) is 13.0. The molecule has 0 saturated carbocycles. The lowest BCUT2D eigenvalue weighted by Crippen LogP contribution is -2.48. The third-order valence-electron chi connectivity index (χ3n) is 10.2. The molecule has 0 saturated heterocycles. The van der Waals surface area contributed by atoms with Crippen molar-refractivity contribution in [1.82, 2.24) is 14.5 Å². The Hall–Kier alpha value is -4.73. The number of benzene rings is 4. The van der Waals surface area contributed by atoms with Crippen LogP contribution in [0.3, 0.4) is 0 Å². The van der Waals surface area contributed by atoms with Gasteiger partial charge in [-0.2, -0.15) is 5.10 Å². The largest absolute Gasteiger partial charge is 0.475 e. The molecular formula is C39H39N5O3S. The van der Waals surface area contributed by atoms with Crippen molar-refractivity contribution in [2.24, 2.45) is 4.36 Å². The number of amides is 2. The fraction of sp³-hybridized carbons (Fsp3) is 0.282. The molecule has 1 aliphatic heterocycles. The molecule has 2 aliphatic carbocycles. The van der Waals surface area contributed by atoms with Crippen molar-refractivity contribution in [3.8, 4) is 5.88 Å². The summed E-state index contributed by atoms with van der Waals surface area (Å²) in [4.78, 5) is 14.5. The minimum absolute atomic E-state index is 0.0499. The molecular weight excluding hydrogens is 619 g/mol. The number of hydrogen-bond donors (Lipinski definition) is 2. The van der Waals surface area contributed by atoms with Crippen LogP contribution in [0.1, 0.15) is 70.3 Å². The molecule has 1 aromatic heterocycles. The maximum atomic E-state index is 15.9. The predicted molar refractivity (Wildman–Crippen MR) is 188 cm³/mol. The lowest BCUT2D eigenvalue weighted by atomic mass is 9.78. The third kappa shape index (κ3) is 4.95. The number of fused-ring (bicyclic) bond motifs is 3. The zero-order chi connectivity index (χ0) is 32.9. The predicted octanol–water partition coefficient (Wildman–Crippen LogP) is 7.68. The molecule has 2 heterocycles. The average molecular weight is 658 g/mol. The van der Waals surface area contributed by atoms with E-state index in [0.29, 0.717) is 12.5 Å². The van der Waals surface area contributed by atoms with E-state index >= 15 is 4.21 Å². The summed E-state index contributed by atoms with van der Waals surface area (Å²) in [5, 5.41) is 7.74. The zero-order valence-corrected chi connectivity index (χ0v) is 28.1. The summed E-state index contributed by atoms with van der Waals surface area (Å²) in [7, 11) is -3.78. The molecule has 9 heteroatoms. The monoisotopic (exact) mass is 657 g/mol. The second kappa shape index (κ2) is 12.1. The van der Waals surface area contributed by atoms with Crippen molar-refractivity contribution in [2.75, 3.05) is 11.9 Å². The minimum atomic E-state index is -3.78. The Bertz CT molecular complexity index is 2010. The van der Waals surface area contributed by atoms with Crippen LogP contribution in [-0.4, -0.2) is 26.6 Å².